The van der Waals surface area contributed by atoms with E-state index in [0.717, 1.165) is 50.3 Å². The van der Waals surface area contributed by atoms with Gasteiger partial charge in [-0.05, 0) is 38.5 Å². The molecule has 2 aliphatic heterocycles. The molecular formula is C19H34N2O2. The van der Waals surface area contributed by atoms with Gasteiger partial charge in [-0.2, -0.15) is 0 Å². The van der Waals surface area contributed by atoms with Crippen LogP contribution in [0.25, 0.3) is 0 Å². The van der Waals surface area contributed by atoms with Crippen molar-refractivity contribution < 1.29 is 9.47 Å². The number of hydrogen-bond donors (Lipinski definition) is 0. The van der Waals surface area contributed by atoms with Crippen molar-refractivity contribution in [1.82, 2.24) is 0 Å². The molecule has 0 bridgehead atoms. The normalized spacial score (nSPS) is 22.3. The van der Waals surface area contributed by atoms with Gasteiger partial charge < -0.3 is 9.47 Å². The number of rotatable bonds is 8. The fourth-order valence-corrected chi connectivity index (χ4v) is 3.63. The lowest BCUT2D eigenvalue weighted by atomic mass is 9.81. The quantitative estimate of drug-likeness (QED) is 0.646. The highest BCUT2D eigenvalue weighted by Gasteiger charge is 2.50. The van der Waals surface area contributed by atoms with E-state index in [-0.39, 0.29) is 16.5 Å². The summed E-state index contributed by atoms with van der Waals surface area (Å²) in [7, 11) is 0. The van der Waals surface area contributed by atoms with Crippen molar-refractivity contribution in [3.05, 3.63) is 0 Å². The van der Waals surface area contributed by atoms with Gasteiger partial charge in [0.05, 0.1) is 11.1 Å². The van der Waals surface area contributed by atoms with Crippen LogP contribution in [0.15, 0.2) is 9.98 Å². The number of nitrogens with zero attached hydrogens (tertiary/aromatic N) is 2. The summed E-state index contributed by atoms with van der Waals surface area (Å²) in [5.74, 6) is 1.71. The van der Waals surface area contributed by atoms with Crippen LogP contribution in [-0.4, -0.2) is 36.1 Å². The summed E-state index contributed by atoms with van der Waals surface area (Å²) < 4.78 is 12.3. The molecule has 2 aliphatic rings. The Labute approximate surface area is 141 Å². The molecule has 4 heteroatoms. The van der Waals surface area contributed by atoms with Gasteiger partial charge >= 0.3 is 0 Å². The number of aliphatic imine (C=N–C) groups is 2. The van der Waals surface area contributed by atoms with Crippen LogP contribution < -0.4 is 0 Å². The highest BCUT2D eigenvalue weighted by molar-refractivity contribution is 6.06. The Bertz CT molecular complexity index is 430. The molecule has 0 saturated carbocycles. The predicted molar refractivity (Wildman–Crippen MR) is 96.4 cm³/mol. The fraction of sp³-hybridized carbons (Fsp3) is 0.895. The SMILES string of the molecule is CCC1(CC)COC(C(CC)(CC)C2=NC(CC)(CC)CO2)=N1. The monoisotopic (exact) mass is 322 g/mol. The third-order valence-electron chi connectivity index (χ3n) is 6.29. The van der Waals surface area contributed by atoms with Crippen molar-refractivity contribution in [3.63, 3.8) is 0 Å². The maximum absolute atomic E-state index is 6.14. The third-order valence-corrected chi connectivity index (χ3v) is 6.29. The molecule has 132 valence electrons. The van der Waals surface area contributed by atoms with Crippen molar-refractivity contribution in [1.29, 1.82) is 0 Å². The third kappa shape index (κ3) is 2.89. The zero-order chi connectivity index (χ0) is 17.1. The molecule has 0 saturated heterocycles. The topological polar surface area (TPSA) is 43.2 Å². The van der Waals surface area contributed by atoms with Gasteiger partial charge in [-0.15, -0.1) is 0 Å². The lowest BCUT2D eigenvalue weighted by Crippen LogP contribution is -2.39. The van der Waals surface area contributed by atoms with Crippen LogP contribution in [0.1, 0.15) is 80.1 Å². The van der Waals surface area contributed by atoms with Crippen LogP contribution in [0, 0.1) is 5.41 Å². The van der Waals surface area contributed by atoms with Crippen LogP contribution in [0.3, 0.4) is 0 Å². The predicted octanol–water partition coefficient (Wildman–Crippen LogP) is 4.77. The Hall–Kier alpha value is -1.06. The fourth-order valence-electron chi connectivity index (χ4n) is 3.63. The maximum Gasteiger partial charge on any atom is 0.199 e. The molecule has 0 fully saturated rings. The Morgan fingerprint density at radius 3 is 1.30 bits per heavy atom. The Morgan fingerprint density at radius 2 is 1.09 bits per heavy atom. The second-order valence-electron chi connectivity index (χ2n) is 7.06. The standard InChI is InChI=1S/C19H34N2O2/c1-7-17(8-2)13-22-15(20-17)19(11-5,12-6)16-21-18(9-3,10-4)14-23-16/h7-14H2,1-6H3. The molecule has 2 rings (SSSR count). The minimum atomic E-state index is -0.293. The molecule has 0 amide bonds. The van der Waals surface area contributed by atoms with E-state index < -0.39 is 0 Å². The Balaban J connectivity index is 2.42. The van der Waals surface area contributed by atoms with Gasteiger partial charge in [-0.1, -0.05) is 41.5 Å². The molecule has 23 heavy (non-hydrogen) atoms. The first kappa shape index (κ1) is 18.3. The number of ether oxygens (including phenoxy) is 2. The average molecular weight is 322 g/mol. The zero-order valence-electron chi connectivity index (χ0n) is 15.9. The van der Waals surface area contributed by atoms with Gasteiger partial charge in [0.1, 0.15) is 18.6 Å². The summed E-state index contributed by atoms with van der Waals surface area (Å²) >= 11 is 0. The summed E-state index contributed by atoms with van der Waals surface area (Å²) in [6.07, 6.45) is 5.87. The summed E-state index contributed by atoms with van der Waals surface area (Å²) in [6.45, 7) is 14.6. The molecule has 0 aromatic carbocycles. The van der Waals surface area contributed by atoms with Crippen LogP contribution in [-0.2, 0) is 9.47 Å². The van der Waals surface area contributed by atoms with Crippen molar-refractivity contribution in [2.24, 2.45) is 15.4 Å². The second-order valence-corrected chi connectivity index (χ2v) is 7.06. The highest BCUT2D eigenvalue weighted by Crippen LogP contribution is 2.41. The maximum atomic E-state index is 6.14. The first-order chi connectivity index (χ1) is 11.0. The van der Waals surface area contributed by atoms with E-state index in [1.54, 1.807) is 0 Å². The van der Waals surface area contributed by atoms with E-state index in [2.05, 4.69) is 41.5 Å². The average Bonchev–Trinajstić information content (AvgIpc) is 3.23. The summed E-state index contributed by atoms with van der Waals surface area (Å²) in [6, 6.07) is 0. The van der Waals surface area contributed by atoms with Gasteiger partial charge in [-0.25, -0.2) is 9.98 Å². The molecule has 2 heterocycles. The lowest BCUT2D eigenvalue weighted by molar-refractivity contribution is 0.205. The van der Waals surface area contributed by atoms with Crippen molar-refractivity contribution >= 4 is 11.8 Å². The van der Waals surface area contributed by atoms with E-state index in [1.807, 2.05) is 0 Å². The lowest BCUT2D eigenvalue weighted by Gasteiger charge is -2.29. The molecular weight excluding hydrogens is 288 g/mol. The largest absolute Gasteiger partial charge is 0.478 e. The molecule has 0 radical (unpaired) electrons. The molecule has 0 N–H and O–H groups in total. The minimum Gasteiger partial charge on any atom is -0.478 e. The van der Waals surface area contributed by atoms with E-state index >= 15 is 0 Å². The molecule has 0 aromatic heterocycles. The first-order valence-corrected chi connectivity index (χ1v) is 9.45. The van der Waals surface area contributed by atoms with Crippen LogP contribution in [0.5, 0.6) is 0 Å². The minimum absolute atomic E-state index is 0.0588. The van der Waals surface area contributed by atoms with E-state index in [9.17, 15) is 0 Å². The van der Waals surface area contributed by atoms with Gasteiger partial charge in [0.25, 0.3) is 0 Å². The van der Waals surface area contributed by atoms with Crippen molar-refractivity contribution in [3.8, 4) is 0 Å². The van der Waals surface area contributed by atoms with Gasteiger partial charge in [-0.3, -0.25) is 0 Å². The summed E-state index contributed by atoms with van der Waals surface area (Å²) in [4.78, 5) is 10.1. The van der Waals surface area contributed by atoms with Crippen molar-refractivity contribution in [2.45, 2.75) is 91.1 Å². The van der Waals surface area contributed by atoms with E-state index in [0.29, 0.717) is 13.2 Å². The van der Waals surface area contributed by atoms with E-state index in [4.69, 9.17) is 19.5 Å². The van der Waals surface area contributed by atoms with Crippen LogP contribution >= 0.6 is 0 Å². The first-order valence-electron chi connectivity index (χ1n) is 9.45. The van der Waals surface area contributed by atoms with Crippen molar-refractivity contribution in [2.75, 3.05) is 13.2 Å². The Kier molecular flexibility index (Phi) is 5.42. The summed E-state index contributed by atoms with van der Waals surface area (Å²) in [5, 5.41) is 0. The Morgan fingerprint density at radius 1 is 0.739 bits per heavy atom. The number of hydrogen-bond acceptors (Lipinski definition) is 4. The highest BCUT2D eigenvalue weighted by atomic mass is 16.5. The van der Waals surface area contributed by atoms with Gasteiger partial charge in [0, 0.05) is 0 Å². The van der Waals surface area contributed by atoms with Crippen LogP contribution in [0.2, 0.25) is 0 Å². The zero-order valence-corrected chi connectivity index (χ0v) is 15.9. The summed E-state index contributed by atoms with van der Waals surface area (Å²) in [5.41, 5.74) is -0.411. The smallest absolute Gasteiger partial charge is 0.199 e. The van der Waals surface area contributed by atoms with Gasteiger partial charge in [0.2, 0.25) is 0 Å². The van der Waals surface area contributed by atoms with E-state index in [1.165, 1.54) is 0 Å². The molecule has 0 atom stereocenters. The molecule has 0 aromatic rings. The molecule has 0 aliphatic carbocycles. The molecule has 0 unspecified atom stereocenters. The second kappa shape index (κ2) is 6.82. The van der Waals surface area contributed by atoms with Crippen LogP contribution in [0.4, 0.5) is 0 Å². The molecule has 0 spiro atoms. The molecule has 4 nitrogen and oxygen atoms in total. The van der Waals surface area contributed by atoms with Gasteiger partial charge in [0.15, 0.2) is 11.8 Å².